The molecule has 0 saturated heterocycles. The van der Waals surface area contributed by atoms with Gasteiger partial charge in [0, 0.05) is 33.6 Å². The molecule has 0 atom stereocenters. The zero-order chi connectivity index (χ0) is 36.7. The van der Waals surface area contributed by atoms with E-state index in [0.717, 1.165) is 44.9 Å². The fraction of sp³-hybridized carbons (Fsp3) is 0.0189. The molecule has 1 aromatic heterocycles. The van der Waals surface area contributed by atoms with E-state index in [-0.39, 0.29) is 0 Å². The predicted molar refractivity (Wildman–Crippen MR) is 232 cm³/mol. The lowest BCUT2D eigenvalue weighted by Gasteiger charge is -2.26. The second-order valence-electron chi connectivity index (χ2n) is 14.2. The van der Waals surface area contributed by atoms with Crippen LogP contribution in [-0.2, 0) is 0 Å². The Labute approximate surface area is 321 Å². The van der Waals surface area contributed by atoms with Crippen molar-refractivity contribution in [3.63, 3.8) is 0 Å². The zero-order valence-corrected chi connectivity index (χ0v) is 30.5. The van der Waals surface area contributed by atoms with Gasteiger partial charge in [-0.2, -0.15) is 0 Å². The highest BCUT2D eigenvalue weighted by atomic mass is 16.3. The van der Waals surface area contributed by atoms with Crippen molar-refractivity contribution in [3.8, 4) is 44.7 Å². The van der Waals surface area contributed by atoms with Crippen molar-refractivity contribution in [2.75, 3.05) is 4.90 Å². The Kier molecular flexibility index (Phi) is 8.08. The molecule has 0 bridgehead atoms. The third-order valence-corrected chi connectivity index (χ3v) is 10.9. The molecule has 0 fully saturated rings. The Balaban J connectivity index is 1.03. The quantitative estimate of drug-likeness (QED) is 0.154. The number of benzene rings is 9. The molecule has 0 aliphatic heterocycles. The fourth-order valence-corrected chi connectivity index (χ4v) is 7.97. The zero-order valence-electron chi connectivity index (χ0n) is 30.5. The van der Waals surface area contributed by atoms with E-state index < -0.39 is 0 Å². The van der Waals surface area contributed by atoms with E-state index in [1.807, 2.05) is 12.1 Å². The minimum Gasteiger partial charge on any atom is -0.456 e. The van der Waals surface area contributed by atoms with E-state index in [1.54, 1.807) is 0 Å². The van der Waals surface area contributed by atoms with E-state index in [1.165, 1.54) is 54.9 Å². The summed E-state index contributed by atoms with van der Waals surface area (Å²) < 4.78 is 6.43. The monoisotopic (exact) mass is 703 g/mol. The van der Waals surface area contributed by atoms with Crippen molar-refractivity contribution < 1.29 is 4.42 Å². The second-order valence-corrected chi connectivity index (χ2v) is 14.2. The van der Waals surface area contributed by atoms with Crippen LogP contribution in [0.1, 0.15) is 5.56 Å². The summed E-state index contributed by atoms with van der Waals surface area (Å²) in [7, 11) is 0. The molecule has 0 radical (unpaired) electrons. The van der Waals surface area contributed by atoms with Crippen LogP contribution in [0.3, 0.4) is 0 Å². The molecule has 0 saturated carbocycles. The number of fused-ring (bicyclic) bond motifs is 4. The van der Waals surface area contributed by atoms with Gasteiger partial charge in [0.15, 0.2) is 0 Å². The largest absolute Gasteiger partial charge is 0.456 e. The first kappa shape index (κ1) is 32.5. The summed E-state index contributed by atoms with van der Waals surface area (Å²) in [5.74, 6) is 0.900. The molecule has 10 rings (SSSR count). The average molecular weight is 704 g/mol. The van der Waals surface area contributed by atoms with Crippen molar-refractivity contribution in [1.29, 1.82) is 0 Å². The lowest BCUT2D eigenvalue weighted by molar-refractivity contribution is 0.629. The van der Waals surface area contributed by atoms with Gasteiger partial charge in [0.25, 0.3) is 0 Å². The Morgan fingerprint density at radius 1 is 0.327 bits per heavy atom. The summed E-state index contributed by atoms with van der Waals surface area (Å²) in [6.07, 6.45) is 0. The molecular weight excluding hydrogens is 667 g/mol. The van der Waals surface area contributed by atoms with Gasteiger partial charge in [0.2, 0.25) is 0 Å². The topological polar surface area (TPSA) is 16.4 Å². The summed E-state index contributed by atoms with van der Waals surface area (Å²) in [5, 5.41) is 6.22. The number of aryl methyl sites for hydroxylation is 1. The number of hydrogen-bond donors (Lipinski definition) is 0. The number of furan rings is 1. The average Bonchev–Trinajstić information content (AvgIpc) is 3.60. The first-order valence-electron chi connectivity index (χ1n) is 18.8. The van der Waals surface area contributed by atoms with Crippen LogP contribution in [0.5, 0.6) is 0 Å². The highest BCUT2D eigenvalue weighted by Gasteiger charge is 2.17. The van der Waals surface area contributed by atoms with Crippen molar-refractivity contribution in [2.45, 2.75) is 6.92 Å². The molecule has 0 aliphatic rings. The molecule has 55 heavy (non-hydrogen) atoms. The van der Waals surface area contributed by atoms with Crippen molar-refractivity contribution in [3.05, 3.63) is 212 Å². The lowest BCUT2D eigenvalue weighted by atomic mass is 9.97. The van der Waals surface area contributed by atoms with Crippen LogP contribution in [0.4, 0.5) is 17.1 Å². The second kappa shape index (κ2) is 13.7. The highest BCUT2D eigenvalue weighted by molar-refractivity contribution is 6.08. The van der Waals surface area contributed by atoms with Crippen LogP contribution in [0.15, 0.2) is 211 Å². The van der Waals surface area contributed by atoms with Gasteiger partial charge in [-0.1, -0.05) is 158 Å². The first-order valence-corrected chi connectivity index (χ1v) is 18.8. The standard InChI is InChI=1S/C53H37NO/c1-36-49-15-7-8-17-52(49)55-53(36)45-13-9-14-48(35-45)54(46-29-24-40(25-30-46)39-20-18-38(19-21-39)37-10-3-2-4-11-37)47-31-26-41(27-32-47)43-28-33-51-44(34-43)23-22-42-12-5-6-16-50(42)51/h2-35H,1H3. The summed E-state index contributed by atoms with van der Waals surface area (Å²) in [4.78, 5) is 2.33. The molecule has 1 heterocycles. The van der Waals surface area contributed by atoms with Crippen LogP contribution >= 0.6 is 0 Å². The maximum absolute atomic E-state index is 6.43. The number of nitrogens with zero attached hydrogens (tertiary/aromatic N) is 1. The van der Waals surface area contributed by atoms with Crippen molar-refractivity contribution in [1.82, 2.24) is 0 Å². The van der Waals surface area contributed by atoms with Gasteiger partial charge in [-0.3, -0.25) is 0 Å². The molecule has 0 aliphatic carbocycles. The van der Waals surface area contributed by atoms with Crippen molar-refractivity contribution in [2.24, 2.45) is 0 Å². The highest BCUT2D eigenvalue weighted by Crippen LogP contribution is 2.41. The lowest BCUT2D eigenvalue weighted by Crippen LogP contribution is -2.10. The molecular formula is C53H37NO. The summed E-state index contributed by atoms with van der Waals surface area (Å²) in [6.45, 7) is 2.14. The van der Waals surface area contributed by atoms with E-state index >= 15 is 0 Å². The third kappa shape index (κ3) is 6.04. The molecule has 0 spiro atoms. The minimum atomic E-state index is 0.900. The molecule has 0 N–H and O–H groups in total. The van der Waals surface area contributed by atoms with Crippen LogP contribution in [0.25, 0.3) is 77.2 Å². The van der Waals surface area contributed by atoms with Gasteiger partial charge in [0.1, 0.15) is 11.3 Å². The van der Waals surface area contributed by atoms with Gasteiger partial charge >= 0.3 is 0 Å². The van der Waals surface area contributed by atoms with E-state index in [0.29, 0.717) is 0 Å². The number of rotatable bonds is 7. The summed E-state index contributed by atoms with van der Waals surface area (Å²) >= 11 is 0. The smallest absolute Gasteiger partial charge is 0.138 e. The molecule has 0 unspecified atom stereocenters. The third-order valence-electron chi connectivity index (χ3n) is 10.9. The van der Waals surface area contributed by atoms with Crippen LogP contribution in [0, 0.1) is 6.92 Å². The Morgan fingerprint density at radius 2 is 0.836 bits per heavy atom. The number of para-hydroxylation sites is 1. The Hall–Kier alpha value is -7.16. The predicted octanol–water partition coefficient (Wildman–Crippen LogP) is 15.2. The van der Waals surface area contributed by atoms with E-state index in [9.17, 15) is 0 Å². The molecule has 10 aromatic rings. The number of hydrogen-bond acceptors (Lipinski definition) is 2. The van der Waals surface area contributed by atoms with Gasteiger partial charge in [-0.25, -0.2) is 0 Å². The first-order chi connectivity index (χ1) is 27.2. The molecule has 2 heteroatoms. The number of anilines is 3. The van der Waals surface area contributed by atoms with E-state index in [4.69, 9.17) is 4.42 Å². The van der Waals surface area contributed by atoms with Gasteiger partial charge < -0.3 is 9.32 Å². The van der Waals surface area contributed by atoms with Gasteiger partial charge in [-0.05, 0) is 110 Å². The molecule has 9 aromatic carbocycles. The molecule has 260 valence electrons. The van der Waals surface area contributed by atoms with Crippen LogP contribution in [0.2, 0.25) is 0 Å². The van der Waals surface area contributed by atoms with Gasteiger partial charge in [-0.15, -0.1) is 0 Å². The maximum atomic E-state index is 6.43. The normalized spacial score (nSPS) is 11.4. The molecule has 2 nitrogen and oxygen atoms in total. The summed E-state index contributed by atoms with van der Waals surface area (Å²) in [6, 6.07) is 74.0. The van der Waals surface area contributed by atoms with Crippen LogP contribution < -0.4 is 4.90 Å². The SMILES string of the molecule is Cc1c(-c2cccc(N(c3ccc(-c4ccc(-c5ccccc5)cc4)cc3)c3ccc(-c4ccc5c(ccc6ccccc65)c4)cc3)c2)oc2ccccc12. The Bertz CT molecular complexity index is 2960. The van der Waals surface area contributed by atoms with E-state index in [2.05, 4.69) is 206 Å². The minimum absolute atomic E-state index is 0.900. The maximum Gasteiger partial charge on any atom is 0.138 e. The van der Waals surface area contributed by atoms with Gasteiger partial charge in [0.05, 0.1) is 0 Å². The fourth-order valence-electron chi connectivity index (χ4n) is 7.97. The molecule has 0 amide bonds. The van der Waals surface area contributed by atoms with Crippen LogP contribution in [-0.4, -0.2) is 0 Å². The van der Waals surface area contributed by atoms with Crippen molar-refractivity contribution >= 4 is 49.6 Å². The Morgan fingerprint density at radius 3 is 1.53 bits per heavy atom. The summed E-state index contributed by atoms with van der Waals surface area (Å²) in [5.41, 5.74) is 13.5.